The molecule has 0 fully saturated rings. The second kappa shape index (κ2) is 3.04. The van der Waals surface area contributed by atoms with Crippen molar-refractivity contribution >= 4 is 16.7 Å². The molecular weight excluding hydrogens is 236 g/mol. The summed E-state index contributed by atoms with van der Waals surface area (Å²) >= 11 is 0. The summed E-state index contributed by atoms with van der Waals surface area (Å²) in [5.74, 6) is 0. The van der Waals surface area contributed by atoms with E-state index in [0.29, 0.717) is 5.69 Å². The predicted octanol–water partition coefficient (Wildman–Crippen LogP) is 0.538. The zero-order valence-corrected chi connectivity index (χ0v) is 6.99. The number of hydrogen-bond donors (Lipinski definition) is 2. The number of nitrogens with two attached hydrogens (primary N) is 1. The molecule has 0 unspecified atom stereocenters. The molecule has 2 aromatic rings. The van der Waals surface area contributed by atoms with E-state index in [1.54, 1.807) is 12.1 Å². The molecule has 1 heterocycles. The number of anilines is 1. The van der Waals surface area contributed by atoms with Crippen molar-refractivity contribution in [3.8, 4) is 0 Å². The average Bonchev–Trinajstić information content (AvgIpc) is 2.33. The van der Waals surface area contributed by atoms with Gasteiger partial charge in [-0.15, -0.1) is 0 Å². The Labute approximate surface area is 78.7 Å². The molecule has 2 rings (SSSR count). The van der Waals surface area contributed by atoms with Gasteiger partial charge in [-0.25, -0.2) is 0 Å². The van der Waals surface area contributed by atoms with Gasteiger partial charge in [-0.3, -0.25) is 0 Å². The molecule has 0 aliphatic carbocycles. The van der Waals surface area contributed by atoms with Gasteiger partial charge in [0.05, 0.1) is 0 Å². The van der Waals surface area contributed by atoms with Gasteiger partial charge in [0.25, 0.3) is 0 Å². The van der Waals surface area contributed by atoms with Gasteiger partial charge >= 0.3 is 0 Å². The van der Waals surface area contributed by atoms with Gasteiger partial charge in [0, 0.05) is 28.1 Å². The topological polar surface area (TPSA) is 67.6 Å². The summed E-state index contributed by atoms with van der Waals surface area (Å²) in [5, 5.41) is 10.2. The Kier molecular flexibility index (Phi) is 2.28. The largest absolute Gasteiger partial charge is 0.399 e. The molecule has 0 spiro atoms. The second-order valence-electron chi connectivity index (χ2n) is 2.07. The standard InChI is InChI=1S/C6H6N4.Ag/c7-4-1-2-5-6(3-4)9-10-8-5;/h1-3H,7H2,(H,8,9,10);. The van der Waals surface area contributed by atoms with Crippen molar-refractivity contribution in [2.24, 2.45) is 0 Å². The number of rotatable bonds is 0. The molecule has 0 atom stereocenters. The van der Waals surface area contributed by atoms with Gasteiger partial charge < -0.3 is 5.73 Å². The normalized spacial score (nSPS) is 9.45. The van der Waals surface area contributed by atoms with Gasteiger partial charge in [0.1, 0.15) is 11.0 Å². The van der Waals surface area contributed by atoms with Crippen LogP contribution in [0.25, 0.3) is 11.0 Å². The number of nitrogens with one attached hydrogen (secondary N) is 1. The molecule has 11 heavy (non-hydrogen) atoms. The second-order valence-corrected chi connectivity index (χ2v) is 2.07. The molecule has 1 radical (unpaired) electrons. The van der Waals surface area contributed by atoms with Crippen LogP contribution in [0.1, 0.15) is 0 Å². The van der Waals surface area contributed by atoms with Crippen molar-refractivity contribution in [2.45, 2.75) is 0 Å². The Morgan fingerprint density at radius 3 is 2.73 bits per heavy atom. The quantitative estimate of drug-likeness (QED) is 0.523. The van der Waals surface area contributed by atoms with Crippen LogP contribution in [-0.2, 0) is 22.4 Å². The van der Waals surface area contributed by atoms with Crippen LogP contribution < -0.4 is 5.73 Å². The molecule has 0 saturated carbocycles. The van der Waals surface area contributed by atoms with Crippen molar-refractivity contribution < 1.29 is 22.4 Å². The molecule has 3 N–H and O–H groups in total. The summed E-state index contributed by atoms with van der Waals surface area (Å²) in [5.41, 5.74) is 7.86. The number of hydrogen-bond acceptors (Lipinski definition) is 3. The van der Waals surface area contributed by atoms with Crippen LogP contribution in [0.15, 0.2) is 18.2 Å². The summed E-state index contributed by atoms with van der Waals surface area (Å²) in [7, 11) is 0. The molecule has 5 heteroatoms. The summed E-state index contributed by atoms with van der Waals surface area (Å²) in [4.78, 5) is 0. The van der Waals surface area contributed by atoms with Crippen LogP contribution in [0.5, 0.6) is 0 Å². The Morgan fingerprint density at radius 1 is 1.18 bits per heavy atom. The molecule has 4 nitrogen and oxygen atoms in total. The molecule has 0 saturated heterocycles. The predicted molar refractivity (Wildman–Crippen MR) is 38.3 cm³/mol. The number of nitrogen functional groups attached to an aromatic ring is 1. The number of aromatic amines is 1. The van der Waals surface area contributed by atoms with Crippen LogP contribution in [0.4, 0.5) is 5.69 Å². The Hall–Kier alpha value is -0.840. The zero-order chi connectivity index (χ0) is 6.97. The van der Waals surface area contributed by atoms with E-state index in [1.807, 2.05) is 6.07 Å². The molecule has 61 valence electrons. The molecule has 0 bridgehead atoms. The third-order valence-corrected chi connectivity index (χ3v) is 1.34. The Morgan fingerprint density at radius 2 is 1.91 bits per heavy atom. The summed E-state index contributed by atoms with van der Waals surface area (Å²) in [6.45, 7) is 0. The van der Waals surface area contributed by atoms with Crippen LogP contribution in [0.3, 0.4) is 0 Å². The van der Waals surface area contributed by atoms with E-state index in [4.69, 9.17) is 5.73 Å². The van der Waals surface area contributed by atoms with Crippen LogP contribution in [0, 0.1) is 0 Å². The molecule has 0 aliphatic heterocycles. The fourth-order valence-corrected chi connectivity index (χ4v) is 0.857. The maximum absolute atomic E-state index is 5.50. The number of fused-ring (bicyclic) bond motifs is 1. The van der Waals surface area contributed by atoms with Crippen molar-refractivity contribution in [1.29, 1.82) is 0 Å². The summed E-state index contributed by atoms with van der Waals surface area (Å²) in [6.07, 6.45) is 0. The van der Waals surface area contributed by atoms with Crippen molar-refractivity contribution in [3.05, 3.63) is 18.2 Å². The third-order valence-electron chi connectivity index (χ3n) is 1.34. The minimum absolute atomic E-state index is 0. The van der Waals surface area contributed by atoms with E-state index in [9.17, 15) is 0 Å². The first-order chi connectivity index (χ1) is 4.86. The number of benzene rings is 1. The summed E-state index contributed by atoms with van der Waals surface area (Å²) < 4.78 is 0. The van der Waals surface area contributed by atoms with Crippen LogP contribution in [0.2, 0.25) is 0 Å². The van der Waals surface area contributed by atoms with Gasteiger partial charge in [0.15, 0.2) is 0 Å². The van der Waals surface area contributed by atoms with Crippen molar-refractivity contribution in [1.82, 2.24) is 15.4 Å². The SMILES string of the molecule is Nc1ccc2n[nH]nc2c1.[Ag]. The zero-order valence-electron chi connectivity index (χ0n) is 5.51. The maximum atomic E-state index is 5.50. The first kappa shape index (κ1) is 8.26. The summed E-state index contributed by atoms with van der Waals surface area (Å²) in [6, 6.07) is 5.40. The van der Waals surface area contributed by atoms with Gasteiger partial charge in [-0.1, -0.05) is 0 Å². The first-order valence-electron chi connectivity index (χ1n) is 2.92. The van der Waals surface area contributed by atoms with Crippen LogP contribution >= 0.6 is 0 Å². The van der Waals surface area contributed by atoms with E-state index in [-0.39, 0.29) is 22.4 Å². The number of nitrogens with zero attached hydrogens (tertiary/aromatic N) is 2. The third kappa shape index (κ3) is 1.42. The van der Waals surface area contributed by atoms with Gasteiger partial charge in [-0.05, 0) is 18.2 Å². The van der Waals surface area contributed by atoms with Crippen LogP contribution in [-0.4, -0.2) is 15.4 Å². The Balaban J connectivity index is 0.000000605. The number of H-pyrrole nitrogens is 1. The first-order valence-corrected chi connectivity index (χ1v) is 2.92. The average molecular weight is 242 g/mol. The number of aromatic nitrogens is 3. The minimum atomic E-state index is 0. The minimum Gasteiger partial charge on any atom is -0.399 e. The maximum Gasteiger partial charge on any atom is 0.115 e. The molecule has 1 aromatic heterocycles. The van der Waals surface area contributed by atoms with Crippen molar-refractivity contribution in [3.63, 3.8) is 0 Å². The van der Waals surface area contributed by atoms with Gasteiger partial charge in [-0.2, -0.15) is 15.4 Å². The van der Waals surface area contributed by atoms with E-state index in [0.717, 1.165) is 11.0 Å². The van der Waals surface area contributed by atoms with Crippen molar-refractivity contribution in [2.75, 3.05) is 5.73 Å². The fraction of sp³-hybridized carbons (Fsp3) is 0. The van der Waals surface area contributed by atoms with E-state index >= 15 is 0 Å². The molecule has 0 amide bonds. The van der Waals surface area contributed by atoms with Gasteiger partial charge in [0.2, 0.25) is 0 Å². The van der Waals surface area contributed by atoms with E-state index < -0.39 is 0 Å². The van der Waals surface area contributed by atoms with E-state index in [1.165, 1.54) is 0 Å². The molecule has 1 aromatic carbocycles. The molecular formula is C6H6AgN4. The Bertz CT molecular complexity index is 356. The smallest absolute Gasteiger partial charge is 0.115 e. The fourth-order valence-electron chi connectivity index (χ4n) is 0.857. The van der Waals surface area contributed by atoms with E-state index in [2.05, 4.69) is 15.4 Å². The molecule has 0 aliphatic rings. The monoisotopic (exact) mass is 241 g/mol.